The molecule has 17 heteroatoms. The fraction of sp³-hybridized carbons (Fsp3) is 0.633. The van der Waals surface area contributed by atoms with Crippen molar-refractivity contribution in [1.29, 1.82) is 0 Å². The van der Waals surface area contributed by atoms with Crippen molar-refractivity contribution in [3.8, 4) is 0 Å². The number of piperidine rings is 1. The summed E-state index contributed by atoms with van der Waals surface area (Å²) in [7, 11) is 3.64. The Morgan fingerprint density at radius 2 is 1.61 bits per heavy atom. The molecule has 4 rings (SSSR count). The SMILES string of the molecule is CC[C@H](C)[C@H](NC(=O)[C@H]1CCCCN1C)C(=O)N(C)C(C[C@@H](OC(C)=O)c1nc(C(=O)N[C@H](C)[C@@H](OC(=O)C(C)(C)COC(C)(C)CCN2C(=O)C=CC2=O)c2ccccc2)cs1)C(C)C. The minimum Gasteiger partial charge on any atom is -0.455 e. The summed E-state index contributed by atoms with van der Waals surface area (Å²) in [5.74, 6) is -3.03. The molecule has 0 radical (unpaired) electrons. The number of thiazole rings is 1. The summed E-state index contributed by atoms with van der Waals surface area (Å²) in [4.78, 5) is 102. The predicted molar refractivity (Wildman–Crippen MR) is 251 cm³/mol. The van der Waals surface area contributed by atoms with Gasteiger partial charge in [0.25, 0.3) is 17.7 Å². The molecule has 2 aromatic rings. The van der Waals surface area contributed by atoms with Crippen LogP contribution in [-0.4, -0.2) is 125 Å². The van der Waals surface area contributed by atoms with Crippen LogP contribution in [0.2, 0.25) is 0 Å². The zero-order valence-corrected chi connectivity index (χ0v) is 41.7. The Kier molecular flexibility index (Phi) is 19.2. The molecule has 1 saturated heterocycles. The Balaban J connectivity index is 1.47. The first-order valence-electron chi connectivity index (χ1n) is 23.1. The second-order valence-corrected chi connectivity index (χ2v) is 20.3. The molecule has 66 heavy (non-hydrogen) atoms. The number of aromatic nitrogens is 1. The van der Waals surface area contributed by atoms with Gasteiger partial charge in [-0.05, 0) is 84.9 Å². The van der Waals surface area contributed by atoms with Crippen LogP contribution < -0.4 is 10.6 Å². The lowest BCUT2D eigenvalue weighted by atomic mass is 9.92. The molecule has 7 atom stereocenters. The molecule has 1 aromatic carbocycles. The van der Waals surface area contributed by atoms with E-state index in [1.165, 1.54) is 19.1 Å². The van der Waals surface area contributed by atoms with Crippen LogP contribution in [0.5, 0.6) is 0 Å². The largest absolute Gasteiger partial charge is 0.455 e. The number of carbonyl (C=O) groups is 7. The molecule has 0 bridgehead atoms. The van der Waals surface area contributed by atoms with Crippen molar-refractivity contribution in [2.24, 2.45) is 17.3 Å². The van der Waals surface area contributed by atoms with Crippen LogP contribution in [0.15, 0.2) is 47.9 Å². The van der Waals surface area contributed by atoms with Crippen molar-refractivity contribution in [2.45, 2.75) is 150 Å². The van der Waals surface area contributed by atoms with Gasteiger partial charge in [0, 0.05) is 50.5 Å². The number of amides is 5. The molecule has 2 aliphatic rings. The molecule has 0 aliphatic carbocycles. The molecule has 1 aromatic heterocycles. The normalized spacial score (nSPS) is 18.6. The van der Waals surface area contributed by atoms with E-state index in [9.17, 15) is 33.6 Å². The lowest BCUT2D eigenvalue weighted by Gasteiger charge is -2.38. The van der Waals surface area contributed by atoms with Gasteiger partial charge < -0.3 is 29.7 Å². The summed E-state index contributed by atoms with van der Waals surface area (Å²) in [5.41, 5.74) is -1.20. The molecular weight excluding hydrogens is 865 g/mol. The highest BCUT2D eigenvalue weighted by molar-refractivity contribution is 7.09. The zero-order chi connectivity index (χ0) is 49.1. The highest BCUT2D eigenvalue weighted by Crippen LogP contribution is 2.33. The van der Waals surface area contributed by atoms with E-state index in [0.717, 1.165) is 42.0 Å². The van der Waals surface area contributed by atoms with Crippen molar-refractivity contribution < 1.29 is 47.8 Å². The molecule has 1 fully saturated rings. The maximum atomic E-state index is 14.3. The Labute approximate surface area is 394 Å². The van der Waals surface area contributed by atoms with E-state index in [2.05, 4.69) is 15.6 Å². The van der Waals surface area contributed by atoms with E-state index >= 15 is 0 Å². The Hall–Kier alpha value is -5.00. The predicted octanol–water partition coefficient (Wildman–Crippen LogP) is 6.17. The summed E-state index contributed by atoms with van der Waals surface area (Å²) in [5, 5.41) is 7.97. The number of esters is 2. The number of likely N-dealkylation sites (tertiary alicyclic amines) is 1. The van der Waals surface area contributed by atoms with Crippen molar-refractivity contribution in [2.75, 3.05) is 33.8 Å². The molecule has 5 amide bonds. The summed E-state index contributed by atoms with van der Waals surface area (Å²) < 4.78 is 18.2. The molecule has 1 unspecified atom stereocenters. The van der Waals surface area contributed by atoms with Crippen LogP contribution in [0.25, 0.3) is 0 Å². The maximum absolute atomic E-state index is 14.3. The van der Waals surface area contributed by atoms with Crippen LogP contribution >= 0.6 is 11.3 Å². The highest BCUT2D eigenvalue weighted by Gasteiger charge is 2.39. The molecular formula is C49H72N6O10S. The molecule has 364 valence electrons. The second-order valence-electron chi connectivity index (χ2n) is 19.4. The number of ether oxygens (including phenoxy) is 3. The number of hydrogen-bond acceptors (Lipinski definition) is 13. The minimum absolute atomic E-state index is 0.0266. The smallest absolute Gasteiger partial charge is 0.314 e. The Morgan fingerprint density at radius 1 is 0.955 bits per heavy atom. The topological polar surface area (TPSA) is 194 Å². The molecule has 0 saturated carbocycles. The Bertz CT molecular complexity index is 2040. The summed E-state index contributed by atoms with van der Waals surface area (Å²) >= 11 is 1.15. The van der Waals surface area contributed by atoms with Gasteiger partial charge in [-0.25, -0.2) is 4.98 Å². The fourth-order valence-corrected chi connectivity index (χ4v) is 8.87. The number of hydrogen-bond donors (Lipinski definition) is 2. The van der Waals surface area contributed by atoms with Gasteiger partial charge in [-0.15, -0.1) is 11.3 Å². The number of rotatable bonds is 23. The van der Waals surface area contributed by atoms with Crippen LogP contribution in [0, 0.1) is 17.3 Å². The summed E-state index contributed by atoms with van der Waals surface area (Å²) in [6, 6.07) is 6.82. The van der Waals surface area contributed by atoms with Crippen molar-refractivity contribution >= 4 is 52.8 Å². The standard InChI is InChI=1S/C49H72N6O10S/c1-13-31(4)41(52-44(60)36-21-17-18-25-53(36)11)46(61)54(12)37(30(2)3)27-38(64-33(6)56)45-51-35(28-66-45)43(59)50-32(5)42(34-19-15-14-16-20-34)65-47(62)48(7,8)29-63-49(9,10)24-26-55-39(57)22-23-40(55)58/h14-16,19-20,22-23,28,30-32,36-38,41-42H,13,17-18,21,24-27,29H2,1-12H3,(H,50,59)(H,52,60)/t31-,32+,36+,37?,38+,41-,42+/m0/s1. The van der Waals surface area contributed by atoms with Crippen LogP contribution in [0.3, 0.4) is 0 Å². The molecule has 3 heterocycles. The second kappa shape index (κ2) is 23.6. The van der Waals surface area contributed by atoms with Gasteiger partial charge in [0.2, 0.25) is 11.8 Å². The third-order valence-corrected chi connectivity index (χ3v) is 13.6. The van der Waals surface area contributed by atoms with Crippen LogP contribution in [0.1, 0.15) is 141 Å². The fourth-order valence-electron chi connectivity index (χ4n) is 8.03. The van der Waals surface area contributed by atoms with Crippen molar-refractivity contribution in [3.63, 3.8) is 0 Å². The van der Waals surface area contributed by atoms with E-state index in [0.29, 0.717) is 23.4 Å². The van der Waals surface area contributed by atoms with Gasteiger partial charge in [0.1, 0.15) is 22.8 Å². The molecule has 2 aliphatic heterocycles. The van der Waals surface area contributed by atoms with E-state index in [-0.39, 0.29) is 66.8 Å². The lowest BCUT2D eigenvalue weighted by molar-refractivity contribution is -0.168. The maximum Gasteiger partial charge on any atom is 0.314 e. The Morgan fingerprint density at radius 3 is 2.20 bits per heavy atom. The minimum atomic E-state index is -1.13. The zero-order valence-electron chi connectivity index (χ0n) is 40.9. The summed E-state index contributed by atoms with van der Waals surface area (Å²) in [6.45, 7) is 18.9. The van der Waals surface area contributed by atoms with Crippen molar-refractivity contribution in [3.05, 3.63) is 64.1 Å². The van der Waals surface area contributed by atoms with Crippen molar-refractivity contribution in [1.82, 2.24) is 30.3 Å². The van der Waals surface area contributed by atoms with Gasteiger partial charge in [-0.1, -0.05) is 70.9 Å². The number of imide groups is 1. The number of likely N-dealkylation sites (N-methyl/N-ethyl adjacent to an activating group) is 2. The van der Waals surface area contributed by atoms with Gasteiger partial charge in [-0.2, -0.15) is 0 Å². The van der Waals surface area contributed by atoms with E-state index in [4.69, 9.17) is 14.2 Å². The quantitative estimate of drug-likeness (QED) is 0.0952. The van der Waals surface area contributed by atoms with E-state index in [1.54, 1.807) is 62.4 Å². The highest BCUT2D eigenvalue weighted by atomic mass is 32.1. The average molecular weight is 937 g/mol. The van der Waals surface area contributed by atoms with Crippen LogP contribution in [-0.2, 0) is 43.0 Å². The third-order valence-electron chi connectivity index (χ3n) is 12.6. The monoisotopic (exact) mass is 937 g/mol. The average Bonchev–Trinajstić information content (AvgIpc) is 3.90. The lowest BCUT2D eigenvalue weighted by Crippen LogP contribution is -2.58. The van der Waals surface area contributed by atoms with Gasteiger partial charge in [0.05, 0.1) is 29.7 Å². The van der Waals surface area contributed by atoms with E-state index in [1.807, 2.05) is 59.6 Å². The third kappa shape index (κ3) is 14.5. The first-order chi connectivity index (χ1) is 31.0. The number of nitrogens with one attached hydrogen (secondary N) is 2. The first-order valence-corrected chi connectivity index (χ1v) is 24.0. The summed E-state index contributed by atoms with van der Waals surface area (Å²) in [6.07, 6.45) is 4.59. The number of benzene rings is 1. The van der Waals surface area contributed by atoms with E-state index < -0.39 is 59.2 Å². The first kappa shape index (κ1) is 53.6. The number of nitrogens with zero attached hydrogens (tertiary/aromatic N) is 4. The molecule has 16 nitrogen and oxygen atoms in total. The number of carbonyl (C=O) groups excluding carboxylic acids is 7. The van der Waals surface area contributed by atoms with Gasteiger partial charge in [-0.3, -0.25) is 43.4 Å². The molecule has 2 N–H and O–H groups in total. The van der Waals surface area contributed by atoms with Crippen LogP contribution in [0.4, 0.5) is 0 Å². The van der Waals surface area contributed by atoms with Gasteiger partial charge in [0.15, 0.2) is 6.10 Å². The molecule has 0 spiro atoms. The van der Waals surface area contributed by atoms with Gasteiger partial charge >= 0.3 is 11.9 Å².